The maximum Gasteiger partial charge on any atom is 0.166 e. The van der Waals surface area contributed by atoms with Gasteiger partial charge in [-0.25, -0.2) is 9.37 Å². The predicted octanol–water partition coefficient (Wildman–Crippen LogP) is 2.32. The van der Waals surface area contributed by atoms with E-state index < -0.39 is 5.82 Å². The van der Waals surface area contributed by atoms with E-state index in [-0.39, 0.29) is 5.82 Å². The molecule has 1 saturated heterocycles. The first-order valence-corrected chi connectivity index (χ1v) is 5.26. The van der Waals surface area contributed by atoms with Crippen LogP contribution in [-0.4, -0.2) is 24.7 Å². The fraction of sp³-hybridized carbons (Fsp3) is 0.500. The van der Waals surface area contributed by atoms with Crippen molar-refractivity contribution in [3.05, 3.63) is 23.1 Å². The van der Waals surface area contributed by atoms with Crippen molar-refractivity contribution in [1.29, 1.82) is 0 Å². The maximum atomic E-state index is 13.3. The lowest BCUT2D eigenvalue weighted by molar-refractivity contribution is 0.187. The van der Waals surface area contributed by atoms with Gasteiger partial charge in [-0.1, -0.05) is 11.6 Å². The second-order valence-corrected chi connectivity index (χ2v) is 4.03. The van der Waals surface area contributed by atoms with Crippen LogP contribution >= 0.6 is 11.6 Å². The van der Waals surface area contributed by atoms with Gasteiger partial charge in [0.05, 0.1) is 11.6 Å². The predicted molar refractivity (Wildman–Crippen MR) is 56.6 cm³/mol. The number of rotatable bonds is 3. The van der Waals surface area contributed by atoms with Crippen molar-refractivity contribution < 1.29 is 9.13 Å². The molecule has 0 spiro atoms. The number of anilines is 1. The summed E-state index contributed by atoms with van der Waals surface area (Å²) >= 11 is 5.59. The summed E-state index contributed by atoms with van der Waals surface area (Å²) in [5, 5.41) is 3.26. The molecular weight excluding hydrogens is 219 g/mol. The van der Waals surface area contributed by atoms with Crippen LogP contribution in [0.2, 0.25) is 5.02 Å². The van der Waals surface area contributed by atoms with Gasteiger partial charge in [0.1, 0.15) is 0 Å². The highest BCUT2D eigenvalue weighted by atomic mass is 35.5. The topological polar surface area (TPSA) is 34.2 Å². The van der Waals surface area contributed by atoms with Gasteiger partial charge in [0, 0.05) is 25.3 Å². The molecule has 0 radical (unpaired) electrons. The average Bonchev–Trinajstić information content (AvgIpc) is 2.69. The Bertz CT molecular complexity index is 342. The first kappa shape index (κ1) is 10.6. The number of nitrogens with one attached hydrogen (secondary N) is 1. The van der Waals surface area contributed by atoms with Gasteiger partial charge in [-0.3, -0.25) is 0 Å². The third-order valence-electron chi connectivity index (χ3n) is 2.39. The van der Waals surface area contributed by atoms with E-state index in [1.807, 2.05) is 0 Å². The number of ether oxygens (including phenoxy) is 1. The second kappa shape index (κ2) is 4.77. The number of hydrogen-bond acceptors (Lipinski definition) is 3. The standard InChI is InChI=1S/C10H12ClFN2O/c11-8-3-9(12)10(14-5-8)13-4-7-1-2-15-6-7/h3,5,7H,1-2,4,6H2,(H,13,14). The summed E-state index contributed by atoms with van der Waals surface area (Å²) in [4.78, 5) is 3.88. The quantitative estimate of drug-likeness (QED) is 0.866. The molecule has 82 valence electrons. The minimum Gasteiger partial charge on any atom is -0.381 e. The summed E-state index contributed by atoms with van der Waals surface area (Å²) in [6.45, 7) is 2.22. The fourth-order valence-electron chi connectivity index (χ4n) is 1.53. The Morgan fingerprint density at radius 2 is 2.53 bits per heavy atom. The van der Waals surface area contributed by atoms with Crippen LogP contribution in [0, 0.1) is 11.7 Å². The van der Waals surface area contributed by atoms with E-state index in [4.69, 9.17) is 16.3 Å². The lowest BCUT2D eigenvalue weighted by Crippen LogP contribution is -2.15. The Morgan fingerprint density at radius 1 is 1.67 bits per heavy atom. The minimum atomic E-state index is -0.415. The van der Waals surface area contributed by atoms with E-state index in [1.54, 1.807) is 0 Å². The van der Waals surface area contributed by atoms with E-state index in [9.17, 15) is 4.39 Å². The van der Waals surface area contributed by atoms with E-state index in [1.165, 1.54) is 12.3 Å². The molecule has 1 atom stereocenters. The molecule has 2 heterocycles. The number of pyridine rings is 1. The fourth-order valence-corrected chi connectivity index (χ4v) is 1.67. The summed E-state index contributed by atoms with van der Waals surface area (Å²) in [6, 6.07) is 1.25. The van der Waals surface area contributed by atoms with Gasteiger partial charge >= 0.3 is 0 Å². The molecule has 3 nitrogen and oxygen atoms in total. The van der Waals surface area contributed by atoms with Crippen LogP contribution in [0.25, 0.3) is 0 Å². The number of halogens is 2. The van der Waals surface area contributed by atoms with Crippen molar-refractivity contribution in [3.63, 3.8) is 0 Å². The number of hydrogen-bond donors (Lipinski definition) is 1. The van der Waals surface area contributed by atoms with E-state index in [2.05, 4.69) is 10.3 Å². The van der Waals surface area contributed by atoms with Crippen LogP contribution in [0.3, 0.4) is 0 Å². The summed E-state index contributed by atoms with van der Waals surface area (Å²) < 4.78 is 18.5. The maximum absolute atomic E-state index is 13.3. The smallest absolute Gasteiger partial charge is 0.166 e. The second-order valence-electron chi connectivity index (χ2n) is 3.59. The molecular formula is C10H12ClFN2O. The van der Waals surface area contributed by atoms with Crippen LogP contribution in [0.15, 0.2) is 12.3 Å². The molecule has 0 aromatic carbocycles. The van der Waals surface area contributed by atoms with Gasteiger partial charge in [-0.15, -0.1) is 0 Å². The monoisotopic (exact) mass is 230 g/mol. The van der Waals surface area contributed by atoms with Crippen LogP contribution in [0.1, 0.15) is 6.42 Å². The molecule has 0 aliphatic carbocycles. The van der Waals surface area contributed by atoms with Crippen molar-refractivity contribution in [3.8, 4) is 0 Å². The molecule has 0 saturated carbocycles. The molecule has 1 aliphatic heterocycles. The molecule has 15 heavy (non-hydrogen) atoms. The van der Waals surface area contributed by atoms with E-state index >= 15 is 0 Å². The molecule has 1 aromatic heterocycles. The number of nitrogens with zero attached hydrogens (tertiary/aromatic N) is 1. The summed E-state index contributed by atoms with van der Waals surface area (Å²) in [5.41, 5.74) is 0. The van der Waals surface area contributed by atoms with Gasteiger partial charge in [0.2, 0.25) is 0 Å². The molecule has 0 bridgehead atoms. The van der Waals surface area contributed by atoms with Gasteiger partial charge < -0.3 is 10.1 Å². The van der Waals surface area contributed by atoms with Gasteiger partial charge in [-0.2, -0.15) is 0 Å². The first-order valence-electron chi connectivity index (χ1n) is 4.88. The SMILES string of the molecule is Fc1cc(Cl)cnc1NCC1CCOC1. The molecule has 1 aliphatic rings. The average molecular weight is 231 g/mol. The molecule has 0 amide bonds. The molecule has 1 fully saturated rings. The van der Waals surface area contributed by atoms with Gasteiger partial charge in [0.15, 0.2) is 11.6 Å². The van der Waals surface area contributed by atoms with E-state index in [0.717, 1.165) is 19.6 Å². The summed E-state index contributed by atoms with van der Waals surface area (Å²) in [5.74, 6) is 0.287. The molecule has 1 aromatic rings. The van der Waals surface area contributed by atoms with Crippen LogP contribution in [0.5, 0.6) is 0 Å². The minimum absolute atomic E-state index is 0.256. The summed E-state index contributed by atoms with van der Waals surface area (Å²) in [6.07, 6.45) is 2.44. The van der Waals surface area contributed by atoms with Crippen molar-refractivity contribution in [2.45, 2.75) is 6.42 Å². The van der Waals surface area contributed by atoms with Crippen molar-refractivity contribution in [1.82, 2.24) is 4.98 Å². The largest absolute Gasteiger partial charge is 0.381 e. The Labute approximate surface area is 92.6 Å². The third-order valence-corrected chi connectivity index (χ3v) is 2.60. The zero-order valence-electron chi connectivity index (χ0n) is 8.17. The zero-order chi connectivity index (χ0) is 10.7. The summed E-state index contributed by atoms with van der Waals surface area (Å²) in [7, 11) is 0. The van der Waals surface area contributed by atoms with Gasteiger partial charge in [-0.05, 0) is 12.5 Å². The lowest BCUT2D eigenvalue weighted by Gasteiger charge is -2.10. The highest BCUT2D eigenvalue weighted by Gasteiger charge is 2.16. The van der Waals surface area contributed by atoms with Crippen molar-refractivity contribution in [2.75, 3.05) is 25.1 Å². The first-order chi connectivity index (χ1) is 7.25. The van der Waals surface area contributed by atoms with E-state index in [0.29, 0.717) is 17.5 Å². The third kappa shape index (κ3) is 2.79. The lowest BCUT2D eigenvalue weighted by atomic mass is 10.1. The van der Waals surface area contributed by atoms with Crippen molar-refractivity contribution in [2.24, 2.45) is 5.92 Å². The zero-order valence-corrected chi connectivity index (χ0v) is 8.93. The normalized spacial score (nSPS) is 20.5. The number of aromatic nitrogens is 1. The Kier molecular flexibility index (Phi) is 3.38. The molecule has 1 unspecified atom stereocenters. The van der Waals surface area contributed by atoms with Crippen LogP contribution in [0.4, 0.5) is 10.2 Å². The van der Waals surface area contributed by atoms with Gasteiger partial charge in [0.25, 0.3) is 0 Å². The van der Waals surface area contributed by atoms with Crippen molar-refractivity contribution >= 4 is 17.4 Å². The molecule has 2 rings (SSSR count). The van der Waals surface area contributed by atoms with Crippen LogP contribution in [-0.2, 0) is 4.74 Å². The highest BCUT2D eigenvalue weighted by molar-refractivity contribution is 6.30. The molecule has 1 N–H and O–H groups in total. The highest BCUT2D eigenvalue weighted by Crippen LogP contribution is 2.17. The Morgan fingerprint density at radius 3 is 3.20 bits per heavy atom. The van der Waals surface area contributed by atoms with Crippen LogP contribution < -0.4 is 5.32 Å². The Hall–Kier alpha value is -0.870. The Balaban J connectivity index is 1.92. The molecule has 5 heteroatoms.